The highest BCUT2D eigenvalue weighted by Crippen LogP contribution is 2.66. The van der Waals surface area contributed by atoms with Crippen LogP contribution in [0.1, 0.15) is 83.6 Å². The van der Waals surface area contributed by atoms with Crippen molar-refractivity contribution in [2.45, 2.75) is 84.5 Å². The Morgan fingerprint density at radius 3 is 2.54 bits per heavy atom. The fourth-order valence-corrected chi connectivity index (χ4v) is 8.47. The average Bonchev–Trinajstić information content (AvgIpc) is 3.05. The Balaban J connectivity index is 1.31. The van der Waals surface area contributed by atoms with Crippen LogP contribution in [0.15, 0.2) is 30.3 Å². The van der Waals surface area contributed by atoms with Crippen LogP contribution in [0, 0.1) is 40.4 Å². The fraction of sp³-hybridized carbons (Fsp3) is 0.769. The van der Waals surface area contributed by atoms with E-state index in [2.05, 4.69) is 44.2 Å². The zero-order valence-corrected chi connectivity index (χ0v) is 17.1. The predicted octanol–water partition coefficient (Wildman–Crippen LogP) is 7.28. The molecule has 0 nitrogen and oxygen atoms in total. The van der Waals surface area contributed by atoms with Gasteiger partial charge in [0.2, 0.25) is 0 Å². The van der Waals surface area contributed by atoms with Crippen LogP contribution >= 0.6 is 0 Å². The van der Waals surface area contributed by atoms with E-state index < -0.39 is 0 Å². The van der Waals surface area contributed by atoms with Gasteiger partial charge in [-0.15, -0.1) is 0 Å². The van der Waals surface area contributed by atoms with Crippen LogP contribution in [0.2, 0.25) is 0 Å². The second-order valence-electron chi connectivity index (χ2n) is 11.1. The van der Waals surface area contributed by atoms with E-state index in [1.807, 2.05) is 0 Å². The van der Waals surface area contributed by atoms with Crippen LogP contribution in [0.3, 0.4) is 0 Å². The summed E-state index contributed by atoms with van der Waals surface area (Å²) in [7, 11) is 0. The summed E-state index contributed by atoms with van der Waals surface area (Å²) in [4.78, 5) is 0. The Kier molecular flexibility index (Phi) is 4.26. The summed E-state index contributed by atoms with van der Waals surface area (Å²) in [5.74, 6) is 5.14. The van der Waals surface area contributed by atoms with E-state index in [4.69, 9.17) is 0 Å². The van der Waals surface area contributed by atoms with Gasteiger partial charge in [-0.1, -0.05) is 50.6 Å². The minimum absolute atomic E-state index is 0.667. The molecule has 5 rings (SSSR count). The molecule has 0 unspecified atom stereocenters. The molecule has 1 aromatic rings. The summed E-state index contributed by atoms with van der Waals surface area (Å²) in [6, 6.07) is 11.3. The second kappa shape index (κ2) is 6.39. The molecule has 0 bridgehead atoms. The molecule has 4 aliphatic rings. The quantitative estimate of drug-likeness (QED) is 0.526. The van der Waals surface area contributed by atoms with Crippen molar-refractivity contribution in [2.24, 2.45) is 40.4 Å². The van der Waals surface area contributed by atoms with Gasteiger partial charge >= 0.3 is 0 Å². The molecule has 0 spiro atoms. The molecule has 0 amide bonds. The predicted molar refractivity (Wildman–Crippen MR) is 110 cm³/mol. The Labute approximate surface area is 161 Å². The zero-order chi connectivity index (χ0) is 17.8. The normalized spacial score (nSPS) is 47.7. The Hall–Kier alpha value is -0.780. The molecule has 7 atom stereocenters. The van der Waals surface area contributed by atoms with Crippen molar-refractivity contribution in [2.75, 3.05) is 0 Å². The average molecular weight is 351 g/mol. The molecule has 0 aliphatic heterocycles. The first kappa shape index (κ1) is 17.3. The summed E-state index contributed by atoms with van der Waals surface area (Å²) < 4.78 is 0. The summed E-state index contributed by atoms with van der Waals surface area (Å²) in [6.07, 6.45) is 16.6. The third-order valence-electron chi connectivity index (χ3n) is 9.92. The third-order valence-corrected chi connectivity index (χ3v) is 9.92. The van der Waals surface area contributed by atoms with Gasteiger partial charge in [0.05, 0.1) is 0 Å². The first-order valence-electron chi connectivity index (χ1n) is 11.6. The number of rotatable bonds is 2. The molecule has 0 radical (unpaired) electrons. The van der Waals surface area contributed by atoms with Gasteiger partial charge in [0.1, 0.15) is 0 Å². The van der Waals surface area contributed by atoms with Crippen molar-refractivity contribution in [3.8, 4) is 0 Å². The molecule has 0 saturated heterocycles. The van der Waals surface area contributed by atoms with E-state index in [9.17, 15) is 0 Å². The lowest BCUT2D eigenvalue weighted by molar-refractivity contribution is -0.111. The summed E-state index contributed by atoms with van der Waals surface area (Å²) >= 11 is 0. The van der Waals surface area contributed by atoms with E-state index in [0.717, 1.165) is 35.0 Å². The van der Waals surface area contributed by atoms with E-state index in [-0.39, 0.29) is 0 Å². The molecule has 0 aromatic heterocycles. The number of fused-ring (bicyclic) bond motifs is 5. The first-order valence-corrected chi connectivity index (χ1v) is 11.6. The topological polar surface area (TPSA) is 0 Å². The second-order valence-corrected chi connectivity index (χ2v) is 11.1. The van der Waals surface area contributed by atoms with Gasteiger partial charge in [-0.05, 0) is 110 Å². The molecule has 4 saturated carbocycles. The Bertz CT molecular complexity index is 633. The molecule has 1 aromatic carbocycles. The Morgan fingerprint density at radius 2 is 1.69 bits per heavy atom. The van der Waals surface area contributed by atoms with Crippen molar-refractivity contribution in [3.63, 3.8) is 0 Å². The van der Waals surface area contributed by atoms with Gasteiger partial charge < -0.3 is 0 Å². The first-order chi connectivity index (χ1) is 12.6. The molecule has 0 heterocycles. The van der Waals surface area contributed by atoms with Gasteiger partial charge in [0.15, 0.2) is 0 Å². The van der Waals surface area contributed by atoms with Crippen molar-refractivity contribution < 1.29 is 0 Å². The van der Waals surface area contributed by atoms with Crippen LogP contribution < -0.4 is 0 Å². The van der Waals surface area contributed by atoms with Gasteiger partial charge in [0, 0.05) is 0 Å². The smallest absolute Gasteiger partial charge is 0.0250 e. The lowest BCUT2D eigenvalue weighted by atomic mass is 9.44. The van der Waals surface area contributed by atoms with Crippen LogP contribution in [0.5, 0.6) is 0 Å². The van der Waals surface area contributed by atoms with Crippen molar-refractivity contribution >= 4 is 0 Å². The van der Waals surface area contributed by atoms with Crippen molar-refractivity contribution in [1.29, 1.82) is 0 Å². The van der Waals surface area contributed by atoms with Crippen molar-refractivity contribution in [3.05, 3.63) is 35.9 Å². The SMILES string of the molecule is C[C@@]12CCC[C@H]1[C@H]1CC[C@@H]3C[C@@H](Cc4ccccc4)CC[C@]3(C)[C@@H]1CC2. The van der Waals surface area contributed by atoms with Gasteiger partial charge in [-0.2, -0.15) is 0 Å². The van der Waals surface area contributed by atoms with Crippen LogP contribution in [-0.4, -0.2) is 0 Å². The van der Waals surface area contributed by atoms with Gasteiger partial charge in [-0.3, -0.25) is 0 Å². The molecule has 4 fully saturated rings. The highest BCUT2D eigenvalue weighted by atomic mass is 14.6. The van der Waals surface area contributed by atoms with Crippen LogP contribution in [0.4, 0.5) is 0 Å². The zero-order valence-electron chi connectivity index (χ0n) is 17.1. The highest BCUT2D eigenvalue weighted by molar-refractivity contribution is 5.16. The molecule has 0 N–H and O–H groups in total. The maximum absolute atomic E-state index is 2.73. The molecule has 26 heavy (non-hydrogen) atoms. The van der Waals surface area contributed by atoms with Crippen molar-refractivity contribution in [1.82, 2.24) is 0 Å². The van der Waals surface area contributed by atoms with Crippen LogP contribution in [0.25, 0.3) is 0 Å². The maximum Gasteiger partial charge on any atom is -0.0250 e. The van der Waals surface area contributed by atoms with Gasteiger partial charge in [0.25, 0.3) is 0 Å². The molecular weight excluding hydrogens is 312 g/mol. The lowest BCUT2D eigenvalue weighted by Crippen LogP contribution is -2.52. The summed E-state index contributed by atoms with van der Waals surface area (Å²) in [5.41, 5.74) is 2.95. The summed E-state index contributed by atoms with van der Waals surface area (Å²) in [5, 5.41) is 0. The number of hydrogen-bond acceptors (Lipinski definition) is 0. The van der Waals surface area contributed by atoms with Crippen LogP contribution in [-0.2, 0) is 6.42 Å². The maximum atomic E-state index is 2.73. The lowest BCUT2D eigenvalue weighted by Gasteiger charge is -2.60. The minimum Gasteiger partial charge on any atom is -0.0622 e. The monoisotopic (exact) mass is 350 g/mol. The Morgan fingerprint density at radius 1 is 0.846 bits per heavy atom. The fourth-order valence-electron chi connectivity index (χ4n) is 8.47. The number of hydrogen-bond donors (Lipinski definition) is 0. The standard InChI is InChI=1S/C26H38/c1-25-14-6-9-23(25)22-11-10-21-18-20(17-19-7-4-3-5-8-19)12-16-26(21,2)24(22)13-15-25/h3-5,7-8,20-24H,6,9-18H2,1-2H3/t20-,21-,22-,23+,24-,25+,26+/m1/s1. The minimum atomic E-state index is 0.667. The largest absolute Gasteiger partial charge is 0.0622 e. The third kappa shape index (κ3) is 2.70. The van der Waals surface area contributed by atoms with E-state index in [1.165, 1.54) is 51.4 Å². The molecular formula is C26H38. The summed E-state index contributed by atoms with van der Waals surface area (Å²) in [6.45, 7) is 5.37. The van der Waals surface area contributed by atoms with E-state index in [1.54, 1.807) is 24.8 Å². The van der Waals surface area contributed by atoms with E-state index >= 15 is 0 Å². The van der Waals surface area contributed by atoms with E-state index in [0.29, 0.717) is 5.41 Å². The highest BCUT2D eigenvalue weighted by Gasteiger charge is 2.57. The van der Waals surface area contributed by atoms with Gasteiger partial charge in [-0.25, -0.2) is 0 Å². The molecule has 0 heteroatoms. The molecule has 4 aliphatic carbocycles. The number of benzene rings is 1. The molecule has 142 valence electrons.